The number of aliphatic carboxylic acids is 1. The lowest BCUT2D eigenvalue weighted by molar-refractivity contribution is -0.187. The zero-order chi connectivity index (χ0) is 9.94. The van der Waals surface area contributed by atoms with Gasteiger partial charge in [-0.1, -0.05) is 6.92 Å². The zero-order valence-electron chi connectivity index (χ0n) is 6.18. The predicted molar refractivity (Wildman–Crippen MR) is 32.5 cm³/mol. The van der Waals surface area contributed by atoms with Crippen molar-refractivity contribution in [2.24, 2.45) is 5.92 Å². The summed E-state index contributed by atoms with van der Waals surface area (Å²) in [6, 6.07) is 0. The van der Waals surface area contributed by atoms with E-state index >= 15 is 0 Å². The third-order valence-corrected chi connectivity index (χ3v) is 1.33. The van der Waals surface area contributed by atoms with E-state index in [-0.39, 0.29) is 0 Å². The average Bonchev–Trinajstić information content (AvgIpc) is 1.85. The summed E-state index contributed by atoms with van der Waals surface area (Å²) in [4.78, 5) is 20.3. The predicted octanol–water partition coefficient (Wildman–Crippen LogP) is 1.23. The van der Waals surface area contributed by atoms with Gasteiger partial charge >= 0.3 is 12.1 Å². The normalized spacial score (nSPS) is 14.0. The monoisotopic (exact) mass is 184 g/mol. The molecule has 1 N–H and O–H groups in total. The van der Waals surface area contributed by atoms with Crippen molar-refractivity contribution in [1.82, 2.24) is 0 Å². The average molecular weight is 184 g/mol. The third kappa shape index (κ3) is 2.52. The molecule has 0 aliphatic carbocycles. The smallest absolute Gasteiger partial charge is 0.399 e. The first-order valence-electron chi connectivity index (χ1n) is 3.14. The Morgan fingerprint density at radius 1 is 1.42 bits per heavy atom. The molecule has 6 heteroatoms. The van der Waals surface area contributed by atoms with Crippen LogP contribution in [0.1, 0.15) is 13.3 Å². The molecule has 0 saturated carbocycles. The Bertz CT molecular complexity index is 197. The summed E-state index contributed by atoms with van der Waals surface area (Å²) >= 11 is 0. The van der Waals surface area contributed by atoms with Gasteiger partial charge in [-0.2, -0.15) is 13.2 Å². The van der Waals surface area contributed by atoms with E-state index in [4.69, 9.17) is 5.11 Å². The molecule has 0 heterocycles. The van der Waals surface area contributed by atoms with Crippen LogP contribution in [0.2, 0.25) is 0 Å². The van der Waals surface area contributed by atoms with Gasteiger partial charge in [-0.15, -0.1) is 0 Å². The standard InChI is InChI=1S/C6H7F3O3/c1-2-3(6(7,8)9)4(10)5(11)12/h3H,2H2,1H3,(H,11,12). The van der Waals surface area contributed by atoms with Crippen molar-refractivity contribution < 1.29 is 27.9 Å². The SMILES string of the molecule is CCC(C(=O)C(=O)O)C(F)(F)F. The summed E-state index contributed by atoms with van der Waals surface area (Å²) in [7, 11) is 0. The first-order chi connectivity index (χ1) is 5.30. The fourth-order valence-electron chi connectivity index (χ4n) is 0.715. The van der Waals surface area contributed by atoms with Gasteiger partial charge < -0.3 is 5.11 Å². The summed E-state index contributed by atoms with van der Waals surface area (Å²) in [5.41, 5.74) is 0. The molecule has 0 aromatic rings. The molecule has 0 amide bonds. The van der Waals surface area contributed by atoms with Crippen LogP contribution >= 0.6 is 0 Å². The molecular formula is C6H7F3O3. The Kier molecular flexibility index (Phi) is 3.24. The second-order valence-corrected chi connectivity index (χ2v) is 2.17. The largest absolute Gasteiger partial charge is 0.475 e. The molecule has 1 atom stereocenters. The number of alkyl halides is 3. The van der Waals surface area contributed by atoms with E-state index in [1.54, 1.807) is 0 Å². The van der Waals surface area contributed by atoms with E-state index in [0.29, 0.717) is 0 Å². The number of carbonyl (C=O) groups is 2. The molecule has 3 nitrogen and oxygen atoms in total. The minimum atomic E-state index is -4.76. The third-order valence-electron chi connectivity index (χ3n) is 1.33. The fourth-order valence-corrected chi connectivity index (χ4v) is 0.715. The molecule has 0 aromatic carbocycles. The van der Waals surface area contributed by atoms with Crippen LogP contribution in [0.3, 0.4) is 0 Å². The Labute approximate surface area is 66.2 Å². The van der Waals surface area contributed by atoms with E-state index in [1.807, 2.05) is 0 Å². The van der Waals surface area contributed by atoms with Gasteiger partial charge in [0, 0.05) is 0 Å². The topological polar surface area (TPSA) is 54.4 Å². The number of carbonyl (C=O) groups excluding carboxylic acids is 1. The Balaban J connectivity index is 4.58. The number of hydrogen-bond donors (Lipinski definition) is 1. The number of halogens is 3. The molecular weight excluding hydrogens is 177 g/mol. The molecule has 1 unspecified atom stereocenters. The van der Waals surface area contributed by atoms with Gasteiger partial charge in [0.15, 0.2) is 0 Å². The lowest BCUT2D eigenvalue weighted by Crippen LogP contribution is -2.34. The summed E-state index contributed by atoms with van der Waals surface area (Å²) < 4.78 is 35.5. The molecule has 0 radical (unpaired) electrons. The second kappa shape index (κ2) is 3.55. The molecule has 0 aromatic heterocycles. The van der Waals surface area contributed by atoms with E-state index in [0.717, 1.165) is 6.92 Å². The summed E-state index contributed by atoms with van der Waals surface area (Å²) in [6.07, 6.45) is -5.31. The highest BCUT2D eigenvalue weighted by Gasteiger charge is 2.45. The van der Waals surface area contributed by atoms with Crippen molar-refractivity contribution >= 4 is 11.8 Å². The van der Waals surface area contributed by atoms with Crippen molar-refractivity contribution in [1.29, 1.82) is 0 Å². The highest BCUT2D eigenvalue weighted by atomic mass is 19.4. The molecule has 0 rings (SSSR count). The maximum Gasteiger partial charge on any atom is 0.399 e. The van der Waals surface area contributed by atoms with Crippen LogP contribution < -0.4 is 0 Å². The van der Waals surface area contributed by atoms with Gasteiger partial charge in [0.05, 0.1) is 0 Å². The Morgan fingerprint density at radius 2 is 1.83 bits per heavy atom. The summed E-state index contributed by atoms with van der Waals surface area (Å²) in [5, 5.41) is 8.00. The van der Waals surface area contributed by atoms with Gasteiger partial charge in [-0.25, -0.2) is 4.79 Å². The van der Waals surface area contributed by atoms with Gasteiger partial charge in [-0.05, 0) is 6.42 Å². The number of rotatable bonds is 3. The molecule has 0 saturated heterocycles. The lowest BCUT2D eigenvalue weighted by atomic mass is 10.0. The molecule has 0 spiro atoms. The summed E-state index contributed by atoms with van der Waals surface area (Å²) in [6.45, 7) is 1.11. The highest BCUT2D eigenvalue weighted by Crippen LogP contribution is 2.29. The number of ketones is 1. The molecule has 12 heavy (non-hydrogen) atoms. The number of carboxylic acid groups (broad SMARTS) is 1. The molecule has 0 aliphatic rings. The van der Waals surface area contributed by atoms with Crippen molar-refractivity contribution in [3.8, 4) is 0 Å². The molecule has 0 bridgehead atoms. The second-order valence-electron chi connectivity index (χ2n) is 2.17. The molecule has 0 fully saturated rings. The minimum Gasteiger partial charge on any atom is -0.475 e. The van der Waals surface area contributed by atoms with Crippen LogP contribution in [0.4, 0.5) is 13.2 Å². The zero-order valence-corrected chi connectivity index (χ0v) is 6.18. The minimum absolute atomic E-state index is 0.547. The fraction of sp³-hybridized carbons (Fsp3) is 0.667. The van der Waals surface area contributed by atoms with Crippen LogP contribution in [-0.4, -0.2) is 23.0 Å². The maximum absolute atomic E-state index is 11.8. The van der Waals surface area contributed by atoms with Gasteiger partial charge in [-0.3, -0.25) is 4.79 Å². The van der Waals surface area contributed by atoms with Gasteiger partial charge in [0.2, 0.25) is 0 Å². The first-order valence-corrected chi connectivity index (χ1v) is 3.14. The molecule has 0 aliphatic heterocycles. The van der Waals surface area contributed by atoms with Crippen molar-refractivity contribution in [3.63, 3.8) is 0 Å². The van der Waals surface area contributed by atoms with E-state index in [2.05, 4.69) is 0 Å². The van der Waals surface area contributed by atoms with E-state index in [9.17, 15) is 22.8 Å². The van der Waals surface area contributed by atoms with Crippen LogP contribution in [0.5, 0.6) is 0 Å². The Hall–Kier alpha value is -1.07. The highest BCUT2D eigenvalue weighted by molar-refractivity contribution is 6.33. The van der Waals surface area contributed by atoms with Crippen molar-refractivity contribution in [2.75, 3.05) is 0 Å². The van der Waals surface area contributed by atoms with Crippen LogP contribution in [0.15, 0.2) is 0 Å². The van der Waals surface area contributed by atoms with Crippen molar-refractivity contribution in [3.05, 3.63) is 0 Å². The lowest BCUT2D eigenvalue weighted by Gasteiger charge is -2.14. The van der Waals surface area contributed by atoms with Crippen LogP contribution in [0.25, 0.3) is 0 Å². The van der Waals surface area contributed by atoms with Crippen molar-refractivity contribution in [2.45, 2.75) is 19.5 Å². The van der Waals surface area contributed by atoms with Crippen LogP contribution in [0, 0.1) is 5.92 Å². The van der Waals surface area contributed by atoms with E-state index < -0.39 is 30.3 Å². The van der Waals surface area contributed by atoms with Gasteiger partial charge in [0.1, 0.15) is 5.92 Å². The molecule has 70 valence electrons. The quantitative estimate of drug-likeness (QED) is 0.671. The number of carboxylic acids is 1. The summed E-state index contributed by atoms with van der Waals surface area (Å²) in [5.74, 6) is -6.22. The van der Waals surface area contributed by atoms with E-state index in [1.165, 1.54) is 0 Å². The number of hydrogen-bond acceptors (Lipinski definition) is 2. The maximum atomic E-state index is 11.8. The van der Waals surface area contributed by atoms with Crippen LogP contribution in [-0.2, 0) is 9.59 Å². The first kappa shape index (κ1) is 10.9. The Morgan fingerprint density at radius 3 is 1.92 bits per heavy atom. The number of Topliss-reactive ketones (excluding diaryl/α,β-unsaturated/α-hetero) is 1. The van der Waals surface area contributed by atoms with Gasteiger partial charge in [0.25, 0.3) is 5.78 Å².